The van der Waals surface area contributed by atoms with Gasteiger partial charge >= 0.3 is 5.97 Å². The molecule has 1 aliphatic heterocycles. The lowest BCUT2D eigenvalue weighted by Crippen LogP contribution is -2.29. The first-order valence-corrected chi connectivity index (χ1v) is 10.8. The summed E-state index contributed by atoms with van der Waals surface area (Å²) < 4.78 is 2.32. The maximum atomic E-state index is 12.3. The van der Waals surface area contributed by atoms with Crippen LogP contribution in [0, 0.1) is 0 Å². The number of carbonyl (C=O) groups excluding carboxylic acids is 1. The van der Waals surface area contributed by atoms with Gasteiger partial charge in [-0.25, -0.2) is 0 Å². The molecule has 1 heterocycles. The third-order valence-corrected chi connectivity index (χ3v) is 5.83. The highest BCUT2D eigenvalue weighted by Gasteiger charge is 2.43. The minimum Gasteiger partial charge on any atom is -0.481 e. The Bertz CT molecular complexity index is 1010. The summed E-state index contributed by atoms with van der Waals surface area (Å²) in [5.41, 5.74) is 4.20. The number of amides is 1. The summed E-state index contributed by atoms with van der Waals surface area (Å²) in [5, 5.41) is 8.87. The fourth-order valence-electron chi connectivity index (χ4n) is 4.21. The minimum atomic E-state index is -0.743. The summed E-state index contributed by atoms with van der Waals surface area (Å²) in [7, 11) is 0. The van der Waals surface area contributed by atoms with E-state index in [0.717, 1.165) is 30.8 Å². The van der Waals surface area contributed by atoms with Gasteiger partial charge in [0.2, 0.25) is 11.6 Å². The highest BCUT2D eigenvalue weighted by Crippen LogP contribution is 2.40. The molecule has 0 saturated carbocycles. The van der Waals surface area contributed by atoms with E-state index in [1.54, 1.807) is 11.8 Å². The monoisotopic (exact) mass is 419 g/mol. The number of para-hydroxylation sites is 2. The number of fused-ring (bicyclic) bond motifs is 1. The van der Waals surface area contributed by atoms with Gasteiger partial charge < -0.3 is 5.11 Å². The molecule has 0 spiro atoms. The maximum absolute atomic E-state index is 12.3. The number of anilines is 1. The van der Waals surface area contributed by atoms with Gasteiger partial charge in [-0.2, -0.15) is 4.58 Å². The lowest BCUT2D eigenvalue weighted by molar-refractivity contribution is -0.438. The van der Waals surface area contributed by atoms with Crippen molar-refractivity contribution in [3.8, 4) is 0 Å². The Labute approximate surface area is 184 Å². The van der Waals surface area contributed by atoms with Gasteiger partial charge in [0.05, 0.1) is 5.41 Å². The van der Waals surface area contributed by atoms with E-state index < -0.39 is 5.97 Å². The average Bonchev–Trinajstić information content (AvgIpc) is 2.95. The predicted octanol–water partition coefficient (Wildman–Crippen LogP) is 5.27. The van der Waals surface area contributed by atoms with E-state index in [2.05, 4.69) is 36.6 Å². The Hall–Kier alpha value is -3.21. The largest absolute Gasteiger partial charge is 0.481 e. The number of unbranched alkanes of at least 4 members (excludes halogenated alkanes) is 2. The van der Waals surface area contributed by atoms with Crippen LogP contribution >= 0.6 is 0 Å². The molecule has 0 radical (unpaired) electrons. The second kappa shape index (κ2) is 9.73. The number of benzene rings is 2. The maximum Gasteiger partial charge on any atom is 0.303 e. The fourth-order valence-corrected chi connectivity index (χ4v) is 4.21. The second-order valence-electron chi connectivity index (χ2n) is 8.42. The average molecular weight is 420 g/mol. The Morgan fingerprint density at radius 3 is 2.35 bits per heavy atom. The molecular formula is C26H31N2O3+. The van der Waals surface area contributed by atoms with Crippen LogP contribution in [0.15, 0.2) is 66.9 Å². The molecule has 0 bridgehead atoms. The lowest BCUT2D eigenvalue weighted by Gasteiger charge is -2.18. The van der Waals surface area contributed by atoms with Crippen molar-refractivity contribution in [1.29, 1.82) is 0 Å². The number of hydrogen-bond acceptors (Lipinski definition) is 2. The van der Waals surface area contributed by atoms with Crippen LogP contribution in [0.3, 0.4) is 0 Å². The first-order valence-electron chi connectivity index (χ1n) is 10.8. The van der Waals surface area contributed by atoms with Crippen LogP contribution in [-0.4, -0.2) is 33.8 Å². The number of carboxylic acid groups (broad SMARTS) is 1. The van der Waals surface area contributed by atoms with E-state index in [1.807, 2.05) is 48.7 Å². The van der Waals surface area contributed by atoms with Gasteiger partial charge in [-0.05, 0) is 38.8 Å². The molecule has 0 atom stereocenters. The van der Waals surface area contributed by atoms with Crippen molar-refractivity contribution >= 4 is 29.0 Å². The molecule has 3 rings (SSSR count). The van der Waals surface area contributed by atoms with Crippen molar-refractivity contribution in [2.75, 3.05) is 11.4 Å². The van der Waals surface area contributed by atoms with Gasteiger partial charge in [0.15, 0.2) is 5.71 Å². The highest BCUT2D eigenvalue weighted by molar-refractivity contribution is 6.04. The number of hydrogen-bond donors (Lipinski definition) is 1. The Balaban J connectivity index is 1.91. The smallest absolute Gasteiger partial charge is 0.303 e. The normalized spacial score (nSPS) is 14.7. The summed E-state index contributed by atoms with van der Waals surface area (Å²) in [6.07, 6.45) is 6.58. The second-order valence-corrected chi connectivity index (χ2v) is 8.42. The first kappa shape index (κ1) is 22.5. The number of rotatable bonds is 9. The zero-order valence-electron chi connectivity index (χ0n) is 18.5. The van der Waals surface area contributed by atoms with Crippen LogP contribution in [0.1, 0.15) is 52.0 Å². The van der Waals surface area contributed by atoms with Crippen LogP contribution in [-0.2, 0) is 15.0 Å². The zero-order chi connectivity index (χ0) is 22.4. The first-order chi connectivity index (χ1) is 14.8. The van der Waals surface area contributed by atoms with Crippen LogP contribution in [0.4, 0.5) is 11.4 Å². The zero-order valence-corrected chi connectivity index (χ0v) is 18.5. The Morgan fingerprint density at radius 2 is 1.68 bits per heavy atom. The summed E-state index contributed by atoms with van der Waals surface area (Å²) in [6.45, 7) is 6.79. The lowest BCUT2D eigenvalue weighted by atomic mass is 9.81. The van der Waals surface area contributed by atoms with Gasteiger partial charge in [0, 0.05) is 49.4 Å². The van der Waals surface area contributed by atoms with Crippen LogP contribution in [0.25, 0.3) is 0 Å². The van der Waals surface area contributed by atoms with Crippen molar-refractivity contribution in [2.45, 2.75) is 51.9 Å². The molecule has 0 fully saturated rings. The van der Waals surface area contributed by atoms with Crippen LogP contribution < -0.4 is 4.90 Å². The highest BCUT2D eigenvalue weighted by atomic mass is 16.4. The third-order valence-electron chi connectivity index (χ3n) is 5.83. The van der Waals surface area contributed by atoms with Crippen molar-refractivity contribution in [3.05, 3.63) is 72.4 Å². The molecule has 0 aromatic heterocycles. The van der Waals surface area contributed by atoms with Crippen molar-refractivity contribution in [2.24, 2.45) is 0 Å². The number of allylic oxidation sites excluding steroid dienone is 1. The molecule has 1 aliphatic rings. The quantitative estimate of drug-likeness (QED) is 0.445. The summed E-state index contributed by atoms with van der Waals surface area (Å²) >= 11 is 0. The standard InChI is InChI=1S/C26H30N2O3/c1-20(29)27(21-12-6-4-7-13-21)19-17-24-26(2,3)22-14-9-10-15-23(22)28(24)18-11-5-8-16-25(30)31/h4,6-7,9-10,12-15,17,19H,5,8,11,16,18H2,1-3H3/p+1. The molecule has 5 nitrogen and oxygen atoms in total. The predicted molar refractivity (Wildman–Crippen MR) is 124 cm³/mol. The van der Waals surface area contributed by atoms with Crippen molar-refractivity contribution in [1.82, 2.24) is 0 Å². The van der Waals surface area contributed by atoms with Crippen molar-refractivity contribution < 1.29 is 19.3 Å². The molecule has 0 saturated heterocycles. The van der Waals surface area contributed by atoms with E-state index in [1.165, 1.54) is 11.3 Å². The number of carbonyl (C=O) groups is 2. The van der Waals surface area contributed by atoms with Gasteiger partial charge in [-0.1, -0.05) is 36.4 Å². The number of aliphatic carboxylic acids is 1. The summed E-state index contributed by atoms with van der Waals surface area (Å²) in [5.74, 6) is -0.787. The van der Waals surface area contributed by atoms with Gasteiger partial charge in [-0.3, -0.25) is 14.5 Å². The van der Waals surface area contributed by atoms with Gasteiger partial charge in [-0.15, -0.1) is 0 Å². The van der Waals surface area contributed by atoms with E-state index in [-0.39, 0.29) is 17.7 Å². The SMILES string of the molecule is CC(=O)N(C=CC1=[N+](CCCCCC(=O)O)c2ccccc2C1(C)C)c1ccccc1. The molecule has 0 aliphatic carbocycles. The van der Waals surface area contributed by atoms with E-state index >= 15 is 0 Å². The molecule has 162 valence electrons. The minimum absolute atomic E-state index is 0.0448. The topological polar surface area (TPSA) is 60.6 Å². The Kier molecular flexibility index (Phi) is 7.06. The molecule has 31 heavy (non-hydrogen) atoms. The third kappa shape index (κ3) is 5.10. The van der Waals surface area contributed by atoms with Gasteiger partial charge in [0.25, 0.3) is 0 Å². The van der Waals surface area contributed by atoms with E-state index in [0.29, 0.717) is 6.42 Å². The summed E-state index contributed by atoms with van der Waals surface area (Å²) in [4.78, 5) is 24.8. The molecule has 2 aromatic carbocycles. The molecule has 1 amide bonds. The Morgan fingerprint density at radius 1 is 1.00 bits per heavy atom. The van der Waals surface area contributed by atoms with Crippen LogP contribution in [0.5, 0.6) is 0 Å². The molecule has 5 heteroatoms. The summed E-state index contributed by atoms with van der Waals surface area (Å²) in [6, 6.07) is 18.0. The van der Waals surface area contributed by atoms with E-state index in [9.17, 15) is 9.59 Å². The van der Waals surface area contributed by atoms with Crippen LogP contribution in [0.2, 0.25) is 0 Å². The van der Waals surface area contributed by atoms with Gasteiger partial charge in [0.1, 0.15) is 6.54 Å². The van der Waals surface area contributed by atoms with E-state index in [4.69, 9.17) is 5.11 Å². The molecule has 2 aromatic rings. The molecule has 1 N–H and O–H groups in total. The number of nitrogens with zero attached hydrogens (tertiary/aromatic N) is 2. The fraction of sp³-hybridized carbons (Fsp3) is 0.346. The van der Waals surface area contributed by atoms with Crippen molar-refractivity contribution in [3.63, 3.8) is 0 Å². The molecule has 0 unspecified atom stereocenters. The number of carboxylic acids is 1. The molecular weight excluding hydrogens is 388 g/mol.